The van der Waals surface area contributed by atoms with Crippen molar-refractivity contribution in [3.05, 3.63) is 24.3 Å². The minimum absolute atomic E-state index is 0.00136. The van der Waals surface area contributed by atoms with Gasteiger partial charge in [0.05, 0.1) is 25.4 Å². The summed E-state index contributed by atoms with van der Waals surface area (Å²) in [7, 11) is 0. The summed E-state index contributed by atoms with van der Waals surface area (Å²) < 4.78 is 5.49. The lowest BCUT2D eigenvalue weighted by atomic mass is 10.0. The average Bonchev–Trinajstić information content (AvgIpc) is 3.35. The first-order valence-corrected chi connectivity index (χ1v) is 31.1. The summed E-state index contributed by atoms with van der Waals surface area (Å²) in [5.41, 5.74) is 0. The molecule has 0 aliphatic carbocycles. The number of rotatable bonds is 58. The number of aliphatic hydroxyl groups is 2. The van der Waals surface area contributed by atoms with Crippen LogP contribution in [-0.4, -0.2) is 47.4 Å². The topological polar surface area (TPSA) is 95.9 Å². The fourth-order valence-electron chi connectivity index (χ4n) is 9.69. The number of amides is 1. The van der Waals surface area contributed by atoms with Gasteiger partial charge in [-0.05, 0) is 57.8 Å². The van der Waals surface area contributed by atoms with E-state index in [1.165, 1.54) is 250 Å². The normalized spacial score (nSPS) is 12.7. The summed E-state index contributed by atoms with van der Waals surface area (Å²) in [4.78, 5) is 24.6. The van der Waals surface area contributed by atoms with Crippen LogP contribution < -0.4 is 5.32 Å². The SMILES string of the molecule is CCCCCCCCCCCCCCCCC/C=C/C(O)C(CO)NC(=O)CCCCCCC/C=C\CCCCCCCCCOC(=O)CCCCCCCCCCCCCCCCCCCCC. The van der Waals surface area contributed by atoms with Crippen molar-refractivity contribution in [1.29, 1.82) is 0 Å². The van der Waals surface area contributed by atoms with Gasteiger partial charge in [0.15, 0.2) is 0 Å². The lowest BCUT2D eigenvalue weighted by Gasteiger charge is -2.20. The minimum atomic E-state index is -0.855. The van der Waals surface area contributed by atoms with Crippen molar-refractivity contribution in [2.45, 2.75) is 353 Å². The summed E-state index contributed by atoms with van der Waals surface area (Å²) in [5, 5.41) is 23.1. The Morgan fingerprint density at radius 3 is 1.03 bits per heavy atom. The van der Waals surface area contributed by atoms with Crippen molar-refractivity contribution < 1.29 is 24.5 Å². The van der Waals surface area contributed by atoms with Crippen LogP contribution in [0.25, 0.3) is 0 Å². The monoisotopic (exact) mass is 972 g/mol. The molecule has 0 aromatic rings. The molecule has 0 aromatic heterocycles. The van der Waals surface area contributed by atoms with Crippen LogP contribution in [-0.2, 0) is 14.3 Å². The van der Waals surface area contributed by atoms with Gasteiger partial charge in [-0.2, -0.15) is 0 Å². The first-order valence-electron chi connectivity index (χ1n) is 31.1. The van der Waals surface area contributed by atoms with Crippen LogP contribution in [0.15, 0.2) is 24.3 Å². The van der Waals surface area contributed by atoms with Crippen molar-refractivity contribution >= 4 is 11.9 Å². The van der Waals surface area contributed by atoms with Gasteiger partial charge in [0.2, 0.25) is 5.91 Å². The molecular formula is C63H121NO5. The lowest BCUT2D eigenvalue weighted by Crippen LogP contribution is -2.45. The van der Waals surface area contributed by atoms with Gasteiger partial charge in [-0.15, -0.1) is 0 Å². The summed E-state index contributed by atoms with van der Waals surface area (Å²) in [5.74, 6) is -0.0813. The molecule has 0 heterocycles. The van der Waals surface area contributed by atoms with Gasteiger partial charge >= 0.3 is 5.97 Å². The second-order valence-corrected chi connectivity index (χ2v) is 21.4. The maximum atomic E-state index is 12.5. The molecule has 408 valence electrons. The molecule has 6 heteroatoms. The fraction of sp³-hybridized carbons (Fsp3) is 0.905. The smallest absolute Gasteiger partial charge is 0.305 e. The highest BCUT2D eigenvalue weighted by Crippen LogP contribution is 2.17. The highest BCUT2D eigenvalue weighted by atomic mass is 16.5. The Morgan fingerprint density at radius 1 is 0.391 bits per heavy atom. The molecule has 0 rings (SSSR count). The van der Waals surface area contributed by atoms with Crippen LogP contribution >= 0.6 is 0 Å². The summed E-state index contributed by atoms with van der Waals surface area (Å²) in [6.07, 6.45) is 72.1. The largest absolute Gasteiger partial charge is 0.466 e. The quantitative estimate of drug-likeness (QED) is 0.0321. The summed E-state index contributed by atoms with van der Waals surface area (Å²) in [6, 6.07) is -0.640. The molecule has 2 atom stereocenters. The molecule has 1 amide bonds. The predicted molar refractivity (Wildman–Crippen MR) is 301 cm³/mol. The van der Waals surface area contributed by atoms with E-state index in [1.54, 1.807) is 6.08 Å². The zero-order valence-corrected chi connectivity index (χ0v) is 46.6. The van der Waals surface area contributed by atoms with E-state index in [-0.39, 0.29) is 18.5 Å². The number of carbonyl (C=O) groups is 2. The molecule has 0 fully saturated rings. The number of unbranched alkanes of at least 4 members (excludes halogenated alkanes) is 45. The molecule has 0 saturated heterocycles. The van der Waals surface area contributed by atoms with E-state index in [9.17, 15) is 19.8 Å². The third-order valence-electron chi connectivity index (χ3n) is 14.5. The van der Waals surface area contributed by atoms with E-state index >= 15 is 0 Å². The van der Waals surface area contributed by atoms with Gasteiger partial charge < -0.3 is 20.3 Å². The number of hydrogen-bond acceptors (Lipinski definition) is 5. The first-order chi connectivity index (χ1) is 34.0. The van der Waals surface area contributed by atoms with E-state index in [2.05, 4.69) is 31.3 Å². The second kappa shape index (κ2) is 58.9. The molecular weight excluding hydrogens is 851 g/mol. The Hall–Kier alpha value is -1.66. The number of ether oxygens (including phenoxy) is 1. The van der Waals surface area contributed by atoms with Crippen LogP contribution in [0.4, 0.5) is 0 Å². The first kappa shape index (κ1) is 67.3. The van der Waals surface area contributed by atoms with Gasteiger partial charge in [-0.25, -0.2) is 0 Å². The third-order valence-corrected chi connectivity index (χ3v) is 14.5. The van der Waals surface area contributed by atoms with Crippen molar-refractivity contribution in [1.82, 2.24) is 5.32 Å². The lowest BCUT2D eigenvalue weighted by molar-refractivity contribution is -0.143. The number of aliphatic hydroxyl groups excluding tert-OH is 2. The van der Waals surface area contributed by atoms with Gasteiger partial charge in [0.25, 0.3) is 0 Å². The molecule has 0 aliphatic rings. The van der Waals surface area contributed by atoms with Gasteiger partial charge in [0, 0.05) is 12.8 Å². The molecule has 0 spiro atoms. The Kier molecular flexibility index (Phi) is 57.5. The number of carbonyl (C=O) groups excluding carboxylic acids is 2. The molecule has 0 saturated carbocycles. The van der Waals surface area contributed by atoms with Crippen LogP contribution in [0.5, 0.6) is 0 Å². The van der Waals surface area contributed by atoms with Crippen LogP contribution in [0.1, 0.15) is 341 Å². The highest BCUT2D eigenvalue weighted by Gasteiger charge is 2.18. The van der Waals surface area contributed by atoms with E-state index < -0.39 is 12.1 Å². The second-order valence-electron chi connectivity index (χ2n) is 21.4. The summed E-state index contributed by atoms with van der Waals surface area (Å²) >= 11 is 0. The van der Waals surface area contributed by atoms with Crippen molar-refractivity contribution in [3.63, 3.8) is 0 Å². The Morgan fingerprint density at radius 2 is 0.681 bits per heavy atom. The Labute approximate surface area is 431 Å². The van der Waals surface area contributed by atoms with Crippen molar-refractivity contribution in [2.24, 2.45) is 0 Å². The predicted octanol–water partition coefficient (Wildman–Crippen LogP) is 19.4. The van der Waals surface area contributed by atoms with Crippen LogP contribution in [0.3, 0.4) is 0 Å². The Bertz CT molecular complexity index is 1080. The molecule has 69 heavy (non-hydrogen) atoms. The summed E-state index contributed by atoms with van der Waals surface area (Å²) in [6.45, 7) is 4.91. The fourth-order valence-corrected chi connectivity index (χ4v) is 9.69. The number of esters is 1. The minimum Gasteiger partial charge on any atom is -0.466 e. The number of nitrogens with one attached hydrogen (secondary N) is 1. The van der Waals surface area contributed by atoms with E-state index in [4.69, 9.17) is 4.74 Å². The number of allylic oxidation sites excluding steroid dienone is 3. The van der Waals surface area contributed by atoms with E-state index in [0.29, 0.717) is 19.4 Å². The molecule has 6 nitrogen and oxygen atoms in total. The molecule has 0 aliphatic heterocycles. The number of hydrogen-bond donors (Lipinski definition) is 3. The van der Waals surface area contributed by atoms with Crippen molar-refractivity contribution in [3.8, 4) is 0 Å². The molecule has 0 radical (unpaired) electrons. The zero-order valence-electron chi connectivity index (χ0n) is 46.6. The molecule has 0 bridgehead atoms. The Balaban J connectivity index is 3.46. The average molecular weight is 973 g/mol. The van der Waals surface area contributed by atoms with E-state index in [0.717, 1.165) is 64.2 Å². The van der Waals surface area contributed by atoms with Gasteiger partial charge in [0.1, 0.15) is 0 Å². The third kappa shape index (κ3) is 55.5. The van der Waals surface area contributed by atoms with Crippen LogP contribution in [0.2, 0.25) is 0 Å². The molecule has 3 N–H and O–H groups in total. The maximum Gasteiger partial charge on any atom is 0.305 e. The van der Waals surface area contributed by atoms with E-state index in [1.807, 2.05) is 6.08 Å². The van der Waals surface area contributed by atoms with Crippen molar-refractivity contribution in [2.75, 3.05) is 13.2 Å². The standard InChI is InChI=1S/C63H121NO5/c1-3-5-7-9-11-13-15-17-19-21-22-24-29-33-37-41-45-49-53-57-63(68)69-58-54-50-46-42-38-34-30-26-25-28-32-36-40-44-48-52-56-62(67)64-60(59-65)61(66)55-51-47-43-39-35-31-27-23-20-18-16-14-12-10-8-6-4-2/h25,28,51,55,60-61,65-66H,3-24,26-27,29-50,52-54,56-59H2,1-2H3,(H,64,67)/b28-25-,55-51+. The molecule has 0 aromatic carbocycles. The van der Waals surface area contributed by atoms with Gasteiger partial charge in [-0.3, -0.25) is 9.59 Å². The zero-order chi connectivity index (χ0) is 50.0. The maximum absolute atomic E-state index is 12.5. The van der Waals surface area contributed by atoms with Crippen LogP contribution in [0, 0.1) is 0 Å². The molecule has 2 unspecified atom stereocenters. The highest BCUT2D eigenvalue weighted by molar-refractivity contribution is 5.76. The van der Waals surface area contributed by atoms with Gasteiger partial charge in [-0.1, -0.05) is 295 Å².